The van der Waals surface area contributed by atoms with Crippen LogP contribution in [0.1, 0.15) is 13.3 Å². The van der Waals surface area contributed by atoms with Gasteiger partial charge in [0.1, 0.15) is 6.10 Å². The molecule has 1 saturated heterocycles. The average molecular weight is 334 g/mol. The van der Waals surface area contributed by atoms with Gasteiger partial charge in [-0.15, -0.1) is 0 Å². The lowest BCUT2D eigenvalue weighted by Gasteiger charge is -2.31. The molecule has 0 unspecified atom stereocenters. The molecule has 132 valence electrons. The van der Waals surface area contributed by atoms with E-state index in [4.69, 9.17) is 14.2 Å². The van der Waals surface area contributed by atoms with Crippen molar-refractivity contribution in [1.82, 2.24) is 10.2 Å². The van der Waals surface area contributed by atoms with Crippen molar-refractivity contribution in [3.05, 3.63) is 24.3 Å². The highest BCUT2D eigenvalue weighted by Gasteiger charge is 2.34. The second kappa shape index (κ2) is 7.85. The number of nitrogens with zero attached hydrogens (tertiary/aromatic N) is 1. The number of likely N-dealkylation sites (tertiary alicyclic amines) is 1. The van der Waals surface area contributed by atoms with Gasteiger partial charge in [0, 0.05) is 26.7 Å². The van der Waals surface area contributed by atoms with Crippen LogP contribution >= 0.6 is 0 Å². The molecule has 24 heavy (non-hydrogen) atoms. The van der Waals surface area contributed by atoms with Crippen LogP contribution in [0.15, 0.2) is 24.3 Å². The van der Waals surface area contributed by atoms with Crippen LogP contribution in [0.2, 0.25) is 0 Å². The molecular weight excluding hydrogens is 308 g/mol. The number of carbonyl (C=O) groups excluding carboxylic acids is 1. The fourth-order valence-electron chi connectivity index (χ4n) is 3.25. The molecule has 1 aromatic carbocycles. The van der Waals surface area contributed by atoms with E-state index in [1.165, 1.54) is 0 Å². The Kier molecular flexibility index (Phi) is 5.58. The van der Waals surface area contributed by atoms with Crippen molar-refractivity contribution in [2.75, 3.05) is 39.9 Å². The number of fused-ring (bicyclic) bond motifs is 1. The minimum absolute atomic E-state index is 0.104. The molecule has 1 amide bonds. The Morgan fingerprint density at radius 1 is 1.33 bits per heavy atom. The normalized spacial score (nSPS) is 26.3. The van der Waals surface area contributed by atoms with Gasteiger partial charge in [0.05, 0.1) is 6.61 Å². The van der Waals surface area contributed by atoms with Gasteiger partial charge in [0.25, 0.3) is 5.91 Å². The Labute approximate surface area is 143 Å². The highest BCUT2D eigenvalue weighted by Crippen LogP contribution is 2.33. The van der Waals surface area contributed by atoms with E-state index in [2.05, 4.69) is 10.2 Å². The van der Waals surface area contributed by atoms with E-state index < -0.39 is 6.10 Å². The van der Waals surface area contributed by atoms with Gasteiger partial charge in [0.15, 0.2) is 11.5 Å². The van der Waals surface area contributed by atoms with Crippen molar-refractivity contribution in [1.29, 1.82) is 0 Å². The van der Waals surface area contributed by atoms with E-state index in [1.807, 2.05) is 31.2 Å². The molecule has 2 aliphatic heterocycles. The van der Waals surface area contributed by atoms with Crippen molar-refractivity contribution in [2.24, 2.45) is 5.92 Å². The minimum Gasteiger partial charge on any atom is -0.482 e. The fourth-order valence-corrected chi connectivity index (χ4v) is 3.25. The number of amides is 1. The molecule has 0 bridgehead atoms. The number of carbonyl (C=O) groups is 1. The van der Waals surface area contributed by atoms with Crippen molar-refractivity contribution in [2.45, 2.75) is 25.6 Å². The largest absolute Gasteiger partial charge is 0.482 e. The number of nitrogens with one attached hydrogen (secondary N) is 1. The number of ether oxygens (including phenoxy) is 3. The zero-order valence-electron chi connectivity index (χ0n) is 14.4. The van der Waals surface area contributed by atoms with Gasteiger partial charge in [-0.2, -0.15) is 0 Å². The van der Waals surface area contributed by atoms with Crippen molar-refractivity contribution in [3.8, 4) is 11.5 Å². The fraction of sp³-hybridized carbons (Fsp3) is 0.611. The topological polar surface area (TPSA) is 60.0 Å². The van der Waals surface area contributed by atoms with Crippen LogP contribution < -0.4 is 14.8 Å². The molecule has 0 aliphatic carbocycles. The SMILES string of the molecule is COCCN1CC[C@H](CNC(=O)[C@H]2Oc3ccccc3O[C@@H]2C)C1. The smallest absolute Gasteiger partial charge is 0.265 e. The lowest BCUT2D eigenvalue weighted by molar-refractivity contribution is -0.133. The summed E-state index contributed by atoms with van der Waals surface area (Å²) in [6.07, 6.45) is 0.192. The predicted octanol–water partition coefficient (Wildman–Crippen LogP) is 1.30. The molecule has 2 aliphatic rings. The molecule has 3 atom stereocenters. The maximum Gasteiger partial charge on any atom is 0.265 e. The van der Waals surface area contributed by atoms with Crippen LogP contribution in [-0.2, 0) is 9.53 Å². The lowest BCUT2D eigenvalue weighted by atomic mass is 10.1. The summed E-state index contributed by atoms with van der Waals surface area (Å²) in [5.74, 6) is 1.70. The Bertz CT molecular complexity index is 566. The molecule has 0 saturated carbocycles. The Balaban J connectivity index is 1.47. The summed E-state index contributed by atoms with van der Waals surface area (Å²) in [5, 5.41) is 3.03. The molecule has 6 heteroatoms. The van der Waals surface area contributed by atoms with Crippen molar-refractivity contribution in [3.63, 3.8) is 0 Å². The third-order valence-electron chi connectivity index (χ3n) is 4.65. The summed E-state index contributed by atoms with van der Waals surface area (Å²) in [6, 6.07) is 7.45. The van der Waals surface area contributed by atoms with Crippen LogP contribution in [-0.4, -0.2) is 62.9 Å². The maximum atomic E-state index is 12.5. The molecule has 6 nitrogen and oxygen atoms in total. The molecular formula is C18H26N2O4. The van der Waals surface area contributed by atoms with Gasteiger partial charge in [0.2, 0.25) is 6.10 Å². The first-order chi connectivity index (χ1) is 11.7. The average Bonchev–Trinajstić information content (AvgIpc) is 3.05. The van der Waals surface area contributed by atoms with Gasteiger partial charge < -0.3 is 24.4 Å². The van der Waals surface area contributed by atoms with Crippen LogP contribution in [0.25, 0.3) is 0 Å². The summed E-state index contributed by atoms with van der Waals surface area (Å²) >= 11 is 0. The number of hydrogen-bond acceptors (Lipinski definition) is 5. The summed E-state index contributed by atoms with van der Waals surface area (Å²) in [6.45, 7) is 6.32. The summed E-state index contributed by atoms with van der Waals surface area (Å²) < 4.78 is 16.7. The van der Waals surface area contributed by atoms with Gasteiger partial charge in [-0.3, -0.25) is 4.79 Å². The van der Waals surface area contributed by atoms with Gasteiger partial charge >= 0.3 is 0 Å². The number of methoxy groups -OCH3 is 1. The number of rotatable bonds is 6. The first kappa shape index (κ1) is 17.0. The highest BCUT2D eigenvalue weighted by atomic mass is 16.6. The number of para-hydroxylation sites is 2. The molecule has 0 radical (unpaired) electrons. The molecule has 1 aromatic rings. The van der Waals surface area contributed by atoms with Crippen LogP contribution in [0.5, 0.6) is 11.5 Å². The van der Waals surface area contributed by atoms with Crippen molar-refractivity contribution >= 4 is 5.91 Å². The molecule has 0 spiro atoms. The Morgan fingerprint density at radius 3 is 2.83 bits per heavy atom. The van der Waals surface area contributed by atoms with Crippen LogP contribution in [0, 0.1) is 5.92 Å². The monoisotopic (exact) mass is 334 g/mol. The second-order valence-corrected chi connectivity index (χ2v) is 6.50. The second-order valence-electron chi connectivity index (χ2n) is 6.50. The van der Waals surface area contributed by atoms with Crippen LogP contribution in [0.4, 0.5) is 0 Å². The molecule has 3 rings (SSSR count). The van der Waals surface area contributed by atoms with E-state index in [0.717, 1.165) is 32.7 Å². The third-order valence-corrected chi connectivity index (χ3v) is 4.65. The zero-order chi connectivity index (χ0) is 16.9. The van der Waals surface area contributed by atoms with Gasteiger partial charge in [-0.25, -0.2) is 0 Å². The first-order valence-corrected chi connectivity index (χ1v) is 8.58. The van der Waals surface area contributed by atoms with Gasteiger partial charge in [-0.05, 0) is 37.9 Å². The summed E-state index contributed by atoms with van der Waals surface area (Å²) in [5.41, 5.74) is 0. The van der Waals surface area contributed by atoms with Crippen LogP contribution in [0.3, 0.4) is 0 Å². The highest BCUT2D eigenvalue weighted by molar-refractivity contribution is 5.82. The third kappa shape index (κ3) is 3.99. The lowest BCUT2D eigenvalue weighted by Crippen LogP contribution is -2.50. The molecule has 1 N–H and O–H groups in total. The Morgan fingerprint density at radius 2 is 2.08 bits per heavy atom. The van der Waals surface area contributed by atoms with E-state index >= 15 is 0 Å². The molecule has 2 heterocycles. The van der Waals surface area contributed by atoms with Crippen molar-refractivity contribution < 1.29 is 19.0 Å². The van der Waals surface area contributed by atoms with Gasteiger partial charge in [-0.1, -0.05) is 12.1 Å². The summed E-state index contributed by atoms with van der Waals surface area (Å²) in [7, 11) is 1.72. The number of benzene rings is 1. The number of hydrogen-bond donors (Lipinski definition) is 1. The minimum atomic E-state index is -0.606. The standard InChI is InChI=1S/C18H26N2O4/c1-13-17(24-16-6-4-3-5-15(16)23-13)18(21)19-11-14-7-8-20(12-14)9-10-22-2/h3-6,13-14,17H,7-12H2,1-2H3,(H,19,21)/t13-,14-,17+/m1/s1. The van der Waals surface area contributed by atoms with E-state index in [0.29, 0.717) is 24.0 Å². The zero-order valence-corrected chi connectivity index (χ0v) is 14.4. The first-order valence-electron chi connectivity index (χ1n) is 8.58. The predicted molar refractivity (Wildman–Crippen MR) is 90.4 cm³/mol. The quantitative estimate of drug-likeness (QED) is 0.850. The van der Waals surface area contributed by atoms with E-state index in [1.54, 1.807) is 7.11 Å². The maximum absolute atomic E-state index is 12.5. The molecule has 0 aromatic heterocycles. The van der Waals surface area contributed by atoms with E-state index in [9.17, 15) is 4.79 Å². The Hall–Kier alpha value is -1.79. The van der Waals surface area contributed by atoms with E-state index in [-0.39, 0.29) is 12.0 Å². The molecule has 1 fully saturated rings. The summed E-state index contributed by atoms with van der Waals surface area (Å²) in [4.78, 5) is 14.9.